The number of hydrogen-bond acceptors (Lipinski definition) is 4. The van der Waals surface area contributed by atoms with Gasteiger partial charge in [0.05, 0.1) is 4.91 Å². The van der Waals surface area contributed by atoms with Crippen molar-refractivity contribution in [2.75, 3.05) is 7.05 Å². The van der Waals surface area contributed by atoms with Gasteiger partial charge >= 0.3 is 0 Å². The Balaban J connectivity index is 2.73. The zero-order chi connectivity index (χ0) is 9.14. The average molecular weight is 186 g/mol. The summed E-state index contributed by atoms with van der Waals surface area (Å²) in [5.74, 6) is 0.844. The molecule has 4 nitrogen and oxygen atoms in total. The molecule has 0 aromatic heterocycles. The van der Waals surface area contributed by atoms with E-state index < -0.39 is 0 Å². The summed E-state index contributed by atoms with van der Waals surface area (Å²) in [5.41, 5.74) is 8.57. The Bertz CT molecular complexity index is 201. The predicted molar refractivity (Wildman–Crippen MR) is 53.3 cm³/mol. The van der Waals surface area contributed by atoms with Crippen LogP contribution in [0.4, 0.5) is 0 Å². The molecule has 1 aliphatic rings. The topological polar surface area (TPSA) is 53.7 Å². The fraction of sp³-hybridized carbons (Fsp3) is 0.571. The molecule has 1 heterocycles. The van der Waals surface area contributed by atoms with Gasteiger partial charge < -0.3 is 5.73 Å². The number of nitrogens with two attached hydrogens (primary N) is 1. The maximum atomic E-state index is 5.43. The molecule has 0 aliphatic carbocycles. The molecule has 0 saturated carbocycles. The standard InChI is InChI=1S/C7H14N4S/c1-5(2)11-10-7(9-3)6(4-8)12-11/h4-5H,8H2,1-3H3,(H,9,10)/b6-4+. The van der Waals surface area contributed by atoms with Crippen molar-refractivity contribution in [3.8, 4) is 0 Å². The fourth-order valence-electron chi connectivity index (χ4n) is 0.836. The lowest BCUT2D eigenvalue weighted by molar-refractivity contribution is 0.367. The van der Waals surface area contributed by atoms with Crippen molar-refractivity contribution in [1.82, 2.24) is 9.84 Å². The van der Waals surface area contributed by atoms with E-state index in [4.69, 9.17) is 5.73 Å². The number of rotatable bonds is 1. The molecule has 0 aromatic rings. The first-order valence-corrected chi connectivity index (χ1v) is 4.59. The van der Waals surface area contributed by atoms with Crippen molar-refractivity contribution in [1.29, 1.82) is 0 Å². The van der Waals surface area contributed by atoms with E-state index in [1.165, 1.54) is 0 Å². The first-order chi connectivity index (χ1) is 5.69. The van der Waals surface area contributed by atoms with E-state index in [9.17, 15) is 0 Å². The van der Waals surface area contributed by atoms with Gasteiger partial charge in [0.1, 0.15) is 0 Å². The number of hydrazine groups is 1. The Morgan fingerprint density at radius 1 is 1.67 bits per heavy atom. The summed E-state index contributed by atoms with van der Waals surface area (Å²) < 4.78 is 2.01. The number of hydrogen-bond donors (Lipinski definition) is 2. The van der Waals surface area contributed by atoms with E-state index >= 15 is 0 Å². The fourth-order valence-corrected chi connectivity index (χ4v) is 1.67. The summed E-state index contributed by atoms with van der Waals surface area (Å²) in [5, 5.41) is 0. The highest BCUT2D eigenvalue weighted by atomic mass is 32.2. The molecule has 0 bridgehead atoms. The normalized spacial score (nSPS) is 25.7. The van der Waals surface area contributed by atoms with Crippen LogP contribution in [0.15, 0.2) is 16.1 Å². The Morgan fingerprint density at radius 2 is 2.33 bits per heavy atom. The van der Waals surface area contributed by atoms with Gasteiger partial charge in [0.25, 0.3) is 0 Å². The summed E-state index contributed by atoms with van der Waals surface area (Å²) in [6, 6.07) is 0.421. The molecule has 0 unspecified atom stereocenters. The summed E-state index contributed by atoms with van der Waals surface area (Å²) in [6.45, 7) is 4.21. The summed E-state index contributed by atoms with van der Waals surface area (Å²) in [7, 11) is 1.75. The molecule has 1 fully saturated rings. The van der Waals surface area contributed by atoms with Crippen LogP contribution in [0.3, 0.4) is 0 Å². The molecule has 3 N–H and O–H groups in total. The lowest BCUT2D eigenvalue weighted by Gasteiger charge is -2.16. The van der Waals surface area contributed by atoms with E-state index in [0.717, 1.165) is 10.7 Å². The lowest BCUT2D eigenvalue weighted by atomic mass is 10.4. The maximum absolute atomic E-state index is 5.43. The first kappa shape index (κ1) is 9.41. The van der Waals surface area contributed by atoms with Crippen LogP contribution < -0.4 is 11.2 Å². The van der Waals surface area contributed by atoms with Gasteiger partial charge in [0.15, 0.2) is 5.84 Å². The molecular formula is C7H14N4S. The second-order valence-electron chi connectivity index (χ2n) is 2.73. The Morgan fingerprint density at radius 3 is 2.67 bits per heavy atom. The van der Waals surface area contributed by atoms with Gasteiger partial charge in [-0.25, -0.2) is 0 Å². The second kappa shape index (κ2) is 3.82. The van der Waals surface area contributed by atoms with Crippen LogP contribution in [0.1, 0.15) is 13.8 Å². The van der Waals surface area contributed by atoms with E-state index in [2.05, 4.69) is 24.3 Å². The second-order valence-corrected chi connectivity index (χ2v) is 3.74. The van der Waals surface area contributed by atoms with Gasteiger partial charge in [-0.2, -0.15) is 4.41 Å². The lowest BCUT2D eigenvalue weighted by Crippen LogP contribution is -2.34. The van der Waals surface area contributed by atoms with Gasteiger partial charge in [-0.05, 0) is 25.8 Å². The zero-order valence-electron chi connectivity index (χ0n) is 7.53. The third kappa shape index (κ3) is 1.73. The van der Waals surface area contributed by atoms with Crippen molar-refractivity contribution in [3.63, 3.8) is 0 Å². The molecule has 0 aromatic carbocycles. The Kier molecular flexibility index (Phi) is 2.99. The molecular weight excluding hydrogens is 172 g/mol. The van der Waals surface area contributed by atoms with Crippen LogP contribution in [-0.4, -0.2) is 23.3 Å². The molecule has 1 rings (SSSR count). The highest BCUT2D eigenvalue weighted by Gasteiger charge is 2.24. The molecule has 0 spiro atoms. The van der Waals surface area contributed by atoms with E-state index in [1.807, 2.05) is 4.41 Å². The third-order valence-corrected chi connectivity index (χ3v) is 2.73. The highest BCUT2D eigenvalue weighted by Crippen LogP contribution is 2.27. The van der Waals surface area contributed by atoms with Gasteiger partial charge in [-0.3, -0.25) is 10.4 Å². The molecule has 12 heavy (non-hydrogen) atoms. The van der Waals surface area contributed by atoms with Crippen LogP contribution in [-0.2, 0) is 0 Å². The molecule has 1 saturated heterocycles. The van der Waals surface area contributed by atoms with Crippen molar-refractivity contribution in [3.05, 3.63) is 11.1 Å². The summed E-state index contributed by atoms with van der Waals surface area (Å²) in [6.07, 6.45) is 1.57. The van der Waals surface area contributed by atoms with E-state index in [-0.39, 0.29) is 0 Å². The monoisotopic (exact) mass is 186 g/mol. The van der Waals surface area contributed by atoms with E-state index in [0.29, 0.717) is 6.04 Å². The smallest absolute Gasteiger partial charge is 0.152 e. The molecule has 0 atom stereocenters. The molecule has 68 valence electrons. The highest BCUT2D eigenvalue weighted by molar-refractivity contribution is 8.02. The summed E-state index contributed by atoms with van der Waals surface area (Å²) in [4.78, 5) is 5.05. The van der Waals surface area contributed by atoms with Crippen LogP contribution in [0.5, 0.6) is 0 Å². The number of nitrogens with zero attached hydrogens (tertiary/aromatic N) is 2. The van der Waals surface area contributed by atoms with Crippen LogP contribution in [0.2, 0.25) is 0 Å². The van der Waals surface area contributed by atoms with Gasteiger partial charge in [-0.1, -0.05) is 0 Å². The minimum atomic E-state index is 0.421. The van der Waals surface area contributed by atoms with Crippen LogP contribution in [0, 0.1) is 0 Å². The van der Waals surface area contributed by atoms with Crippen molar-refractivity contribution in [2.24, 2.45) is 10.7 Å². The van der Waals surface area contributed by atoms with Gasteiger partial charge in [0.2, 0.25) is 0 Å². The first-order valence-electron chi connectivity index (χ1n) is 3.82. The van der Waals surface area contributed by atoms with Crippen molar-refractivity contribution in [2.45, 2.75) is 19.9 Å². The van der Waals surface area contributed by atoms with Crippen molar-refractivity contribution >= 4 is 17.8 Å². The average Bonchev–Trinajstić information content (AvgIpc) is 2.46. The summed E-state index contributed by atoms with van der Waals surface area (Å²) >= 11 is 1.58. The Labute approximate surface area is 77.0 Å². The third-order valence-electron chi connectivity index (χ3n) is 1.49. The largest absolute Gasteiger partial charge is 0.404 e. The Hall–Kier alpha value is -0.680. The van der Waals surface area contributed by atoms with Gasteiger partial charge in [-0.15, -0.1) is 0 Å². The quantitative estimate of drug-likeness (QED) is 0.592. The molecule has 1 aliphatic heterocycles. The van der Waals surface area contributed by atoms with Crippen LogP contribution in [0.25, 0.3) is 0 Å². The molecule has 0 radical (unpaired) electrons. The van der Waals surface area contributed by atoms with Crippen LogP contribution >= 0.6 is 11.9 Å². The minimum Gasteiger partial charge on any atom is -0.404 e. The number of amidine groups is 1. The molecule has 0 amide bonds. The number of aliphatic imine (C=N–C) groups is 1. The van der Waals surface area contributed by atoms with Gasteiger partial charge in [0, 0.05) is 19.3 Å². The van der Waals surface area contributed by atoms with Crippen molar-refractivity contribution < 1.29 is 0 Å². The predicted octanol–water partition coefficient (Wildman–Crippen LogP) is 0.692. The molecule has 5 heteroatoms. The SMILES string of the molecule is CN=C1NN(C(C)C)S/C1=C/N. The van der Waals surface area contributed by atoms with E-state index in [1.54, 1.807) is 25.2 Å². The minimum absolute atomic E-state index is 0.421. The number of nitrogens with one attached hydrogen (secondary N) is 1. The zero-order valence-corrected chi connectivity index (χ0v) is 8.35. The maximum Gasteiger partial charge on any atom is 0.152 e.